The molecule has 4 aromatic rings. The third-order valence-electron chi connectivity index (χ3n) is 7.09. The second kappa shape index (κ2) is 7.94. The molecule has 0 aromatic heterocycles. The maximum absolute atomic E-state index is 3.61. The minimum absolute atomic E-state index is 0.279. The molecule has 1 nitrogen and oxygen atoms in total. The summed E-state index contributed by atoms with van der Waals surface area (Å²) in [6.07, 6.45) is 6.83. The second-order valence-corrected chi connectivity index (χ2v) is 9.07. The van der Waals surface area contributed by atoms with Gasteiger partial charge in [0.15, 0.2) is 0 Å². The van der Waals surface area contributed by atoms with Crippen molar-refractivity contribution < 1.29 is 0 Å². The number of benzene rings is 4. The SMILES string of the molecule is Cc1ccc(C2(c3cccc(Nc4ccccc4)c3)C3=C(C=CCC3)c3ccccc32)cc1. The molecule has 1 unspecified atom stereocenters. The van der Waals surface area contributed by atoms with Gasteiger partial charge in [-0.2, -0.15) is 0 Å². The van der Waals surface area contributed by atoms with Gasteiger partial charge in [-0.05, 0) is 77.4 Å². The Balaban J connectivity index is 1.61. The standard InChI is InChI=1S/C32H27N/c1-23-18-20-24(21-19-23)32(25-10-9-13-27(22-25)33-26-11-3-2-4-12-26)30-16-7-5-14-28(30)29-15-6-8-17-31(29)32/h2-7,9-16,18-22,33H,8,17H2,1H3. The summed E-state index contributed by atoms with van der Waals surface area (Å²) in [5, 5.41) is 3.61. The van der Waals surface area contributed by atoms with Crippen LogP contribution in [0, 0.1) is 6.92 Å². The summed E-state index contributed by atoms with van der Waals surface area (Å²) >= 11 is 0. The summed E-state index contributed by atoms with van der Waals surface area (Å²) in [5.41, 5.74) is 11.6. The van der Waals surface area contributed by atoms with E-state index in [-0.39, 0.29) is 5.41 Å². The summed E-state index contributed by atoms with van der Waals surface area (Å²) in [6.45, 7) is 2.16. The van der Waals surface area contributed by atoms with Crippen LogP contribution >= 0.6 is 0 Å². The molecule has 160 valence electrons. The lowest BCUT2D eigenvalue weighted by molar-refractivity contribution is 0.696. The van der Waals surface area contributed by atoms with E-state index < -0.39 is 0 Å². The lowest BCUT2D eigenvalue weighted by atomic mass is 9.65. The van der Waals surface area contributed by atoms with Crippen LogP contribution in [0.2, 0.25) is 0 Å². The predicted molar refractivity (Wildman–Crippen MR) is 139 cm³/mol. The first-order valence-electron chi connectivity index (χ1n) is 11.8. The number of allylic oxidation sites excluding steroid dienone is 4. The molecule has 1 N–H and O–H groups in total. The van der Waals surface area contributed by atoms with Gasteiger partial charge in [0.05, 0.1) is 5.41 Å². The van der Waals surface area contributed by atoms with Crippen molar-refractivity contribution in [2.45, 2.75) is 25.2 Å². The lowest BCUT2D eigenvalue weighted by Crippen LogP contribution is -2.30. The van der Waals surface area contributed by atoms with Gasteiger partial charge in [0.1, 0.15) is 0 Å². The fourth-order valence-electron chi connectivity index (χ4n) is 5.66. The predicted octanol–water partition coefficient (Wildman–Crippen LogP) is 8.19. The lowest BCUT2D eigenvalue weighted by Gasteiger charge is -2.36. The number of anilines is 2. The highest BCUT2D eigenvalue weighted by Gasteiger charge is 2.47. The van der Waals surface area contributed by atoms with Crippen LogP contribution in [-0.2, 0) is 5.41 Å². The molecule has 0 spiro atoms. The number of hydrogen-bond donors (Lipinski definition) is 1. The third kappa shape index (κ3) is 3.15. The minimum Gasteiger partial charge on any atom is -0.356 e. The smallest absolute Gasteiger partial charge is 0.0677 e. The van der Waals surface area contributed by atoms with Gasteiger partial charge in [0.2, 0.25) is 0 Å². The van der Waals surface area contributed by atoms with E-state index in [0.29, 0.717) is 0 Å². The van der Waals surface area contributed by atoms with Crippen molar-refractivity contribution in [1.82, 2.24) is 0 Å². The van der Waals surface area contributed by atoms with Gasteiger partial charge in [-0.25, -0.2) is 0 Å². The van der Waals surface area contributed by atoms with E-state index >= 15 is 0 Å². The highest BCUT2D eigenvalue weighted by Crippen LogP contribution is 2.57. The topological polar surface area (TPSA) is 12.0 Å². The average Bonchev–Trinajstić information content (AvgIpc) is 3.17. The average molecular weight is 426 g/mol. The van der Waals surface area contributed by atoms with Crippen LogP contribution in [0.15, 0.2) is 121 Å². The summed E-state index contributed by atoms with van der Waals surface area (Å²) < 4.78 is 0. The molecule has 0 aliphatic heterocycles. The van der Waals surface area contributed by atoms with E-state index in [4.69, 9.17) is 0 Å². The molecule has 0 saturated heterocycles. The van der Waals surface area contributed by atoms with E-state index in [9.17, 15) is 0 Å². The molecule has 0 radical (unpaired) electrons. The van der Waals surface area contributed by atoms with Crippen molar-refractivity contribution in [3.05, 3.63) is 149 Å². The number of hydrogen-bond acceptors (Lipinski definition) is 1. The Bertz CT molecular complexity index is 1380. The van der Waals surface area contributed by atoms with Crippen LogP contribution in [0.4, 0.5) is 11.4 Å². The maximum Gasteiger partial charge on any atom is 0.0677 e. The fraction of sp³-hybridized carbons (Fsp3) is 0.125. The summed E-state index contributed by atoms with van der Waals surface area (Å²) in [4.78, 5) is 0. The van der Waals surface area contributed by atoms with E-state index in [1.807, 2.05) is 6.07 Å². The number of nitrogens with one attached hydrogen (secondary N) is 1. The van der Waals surface area contributed by atoms with Gasteiger partial charge in [-0.15, -0.1) is 0 Å². The van der Waals surface area contributed by atoms with Gasteiger partial charge in [0, 0.05) is 11.4 Å². The van der Waals surface area contributed by atoms with Gasteiger partial charge in [-0.1, -0.05) is 96.6 Å². The minimum atomic E-state index is -0.279. The van der Waals surface area contributed by atoms with Crippen molar-refractivity contribution in [2.24, 2.45) is 0 Å². The molecule has 0 amide bonds. The number of fused-ring (bicyclic) bond motifs is 2. The number of rotatable bonds is 4. The largest absolute Gasteiger partial charge is 0.356 e. The number of para-hydroxylation sites is 1. The van der Waals surface area contributed by atoms with Crippen LogP contribution < -0.4 is 5.32 Å². The molecular formula is C32H27N. The zero-order chi connectivity index (χ0) is 22.3. The molecule has 2 aliphatic rings. The summed E-state index contributed by atoms with van der Waals surface area (Å²) in [5.74, 6) is 0. The monoisotopic (exact) mass is 425 g/mol. The molecule has 0 fully saturated rings. The highest BCUT2D eigenvalue weighted by molar-refractivity contribution is 5.90. The first kappa shape index (κ1) is 19.8. The van der Waals surface area contributed by atoms with Crippen LogP contribution in [0.1, 0.15) is 40.7 Å². The number of aryl methyl sites for hydroxylation is 1. The Morgan fingerprint density at radius 3 is 2.30 bits per heavy atom. The highest BCUT2D eigenvalue weighted by atomic mass is 14.9. The van der Waals surface area contributed by atoms with E-state index in [1.54, 1.807) is 0 Å². The fourth-order valence-corrected chi connectivity index (χ4v) is 5.66. The molecule has 4 aromatic carbocycles. The van der Waals surface area contributed by atoms with E-state index in [1.165, 1.54) is 39.0 Å². The van der Waals surface area contributed by atoms with Crippen LogP contribution in [0.25, 0.3) is 5.57 Å². The van der Waals surface area contributed by atoms with Gasteiger partial charge < -0.3 is 5.32 Å². The molecule has 1 heteroatoms. The second-order valence-electron chi connectivity index (χ2n) is 9.07. The Morgan fingerprint density at radius 2 is 1.45 bits per heavy atom. The van der Waals surface area contributed by atoms with Crippen molar-refractivity contribution >= 4 is 16.9 Å². The Labute approximate surface area is 196 Å². The molecular weight excluding hydrogens is 398 g/mol. The first-order chi connectivity index (χ1) is 16.3. The van der Waals surface area contributed by atoms with E-state index in [0.717, 1.165) is 24.2 Å². The summed E-state index contributed by atoms with van der Waals surface area (Å²) in [7, 11) is 0. The molecule has 33 heavy (non-hydrogen) atoms. The first-order valence-corrected chi connectivity index (χ1v) is 11.8. The van der Waals surface area contributed by atoms with Crippen molar-refractivity contribution in [3.8, 4) is 0 Å². The van der Waals surface area contributed by atoms with Gasteiger partial charge >= 0.3 is 0 Å². The van der Waals surface area contributed by atoms with E-state index in [2.05, 4.69) is 121 Å². The molecule has 1 atom stereocenters. The van der Waals surface area contributed by atoms with Crippen molar-refractivity contribution in [1.29, 1.82) is 0 Å². The third-order valence-corrected chi connectivity index (χ3v) is 7.09. The molecule has 0 heterocycles. The molecule has 0 saturated carbocycles. The van der Waals surface area contributed by atoms with Gasteiger partial charge in [-0.3, -0.25) is 0 Å². The molecule has 0 bridgehead atoms. The molecule has 2 aliphatic carbocycles. The molecule has 6 rings (SSSR count). The summed E-state index contributed by atoms with van der Waals surface area (Å²) in [6, 6.07) is 37.6. The Hall–Kier alpha value is -3.84. The zero-order valence-electron chi connectivity index (χ0n) is 18.9. The Kier molecular flexibility index (Phi) is 4.77. The van der Waals surface area contributed by atoms with Crippen LogP contribution in [-0.4, -0.2) is 0 Å². The maximum atomic E-state index is 3.61. The van der Waals surface area contributed by atoms with Crippen molar-refractivity contribution in [2.75, 3.05) is 5.32 Å². The normalized spacial score (nSPS) is 18.7. The van der Waals surface area contributed by atoms with Crippen LogP contribution in [0.3, 0.4) is 0 Å². The van der Waals surface area contributed by atoms with Gasteiger partial charge in [0.25, 0.3) is 0 Å². The Morgan fingerprint density at radius 1 is 0.697 bits per heavy atom. The van der Waals surface area contributed by atoms with Crippen molar-refractivity contribution in [3.63, 3.8) is 0 Å². The van der Waals surface area contributed by atoms with Crippen LogP contribution in [0.5, 0.6) is 0 Å². The zero-order valence-corrected chi connectivity index (χ0v) is 18.9. The quantitative estimate of drug-likeness (QED) is 0.347.